The Kier molecular flexibility index (Phi) is 3.43. The smallest absolute Gasteiger partial charge is 0.308 e. The minimum absolute atomic E-state index is 0.209. The lowest BCUT2D eigenvalue weighted by atomic mass is 10.1. The summed E-state index contributed by atoms with van der Waals surface area (Å²) in [5, 5.41) is 13.4. The lowest BCUT2D eigenvalue weighted by molar-refractivity contribution is -0.140. The average Bonchev–Trinajstić information content (AvgIpc) is 2.99. The molecule has 2 aromatic rings. The van der Waals surface area contributed by atoms with Crippen molar-refractivity contribution in [2.75, 3.05) is 18.0 Å². The predicted molar refractivity (Wildman–Crippen MR) is 77.8 cm³/mol. The summed E-state index contributed by atoms with van der Waals surface area (Å²) in [4.78, 5) is 24.9. The summed E-state index contributed by atoms with van der Waals surface area (Å²) in [6.07, 6.45) is 0.599. The van der Waals surface area contributed by atoms with Gasteiger partial charge in [-0.15, -0.1) is 5.10 Å². The van der Waals surface area contributed by atoms with Gasteiger partial charge in [0, 0.05) is 19.2 Å². The van der Waals surface area contributed by atoms with Crippen LogP contribution in [-0.2, 0) is 4.79 Å². The summed E-state index contributed by atoms with van der Waals surface area (Å²) in [7, 11) is 0. The van der Waals surface area contributed by atoms with Crippen LogP contribution < -0.4 is 10.5 Å². The van der Waals surface area contributed by atoms with Crippen molar-refractivity contribution >= 4 is 11.8 Å². The molecule has 0 spiro atoms. The fourth-order valence-corrected chi connectivity index (χ4v) is 2.49. The van der Waals surface area contributed by atoms with Gasteiger partial charge in [0.1, 0.15) is 5.82 Å². The Morgan fingerprint density at radius 3 is 2.62 bits per heavy atom. The first kappa shape index (κ1) is 13.4. The third-order valence-corrected chi connectivity index (χ3v) is 3.65. The van der Waals surface area contributed by atoms with E-state index in [-0.39, 0.29) is 11.5 Å². The first-order valence-corrected chi connectivity index (χ1v) is 6.79. The van der Waals surface area contributed by atoms with Crippen LogP contribution in [0.5, 0.6) is 0 Å². The number of aromatic nitrogens is 2. The maximum absolute atomic E-state index is 11.9. The molecule has 3 rings (SSSR count). The SMILES string of the molecule is O=C(O)[C@H]1CCN(c2ccc(=O)n(-c3ccccc3)n2)C1. The van der Waals surface area contributed by atoms with E-state index in [0.29, 0.717) is 31.0 Å². The normalized spacial score (nSPS) is 17.9. The first-order valence-electron chi connectivity index (χ1n) is 6.79. The summed E-state index contributed by atoms with van der Waals surface area (Å²) in [6.45, 7) is 1.06. The number of carbonyl (C=O) groups is 1. The van der Waals surface area contributed by atoms with Gasteiger partial charge in [0.05, 0.1) is 11.6 Å². The molecule has 21 heavy (non-hydrogen) atoms. The topological polar surface area (TPSA) is 75.4 Å². The van der Waals surface area contributed by atoms with Crippen LogP contribution in [0.3, 0.4) is 0 Å². The van der Waals surface area contributed by atoms with E-state index in [4.69, 9.17) is 5.11 Å². The number of aliphatic carboxylic acids is 1. The van der Waals surface area contributed by atoms with Crippen molar-refractivity contribution in [2.24, 2.45) is 5.92 Å². The molecule has 1 N–H and O–H groups in total. The molecule has 0 aliphatic carbocycles. The molecule has 1 fully saturated rings. The molecular weight excluding hydrogens is 270 g/mol. The van der Waals surface area contributed by atoms with Gasteiger partial charge in [-0.3, -0.25) is 9.59 Å². The molecule has 0 radical (unpaired) electrons. The van der Waals surface area contributed by atoms with Crippen LogP contribution in [0.1, 0.15) is 6.42 Å². The Bertz CT molecular complexity index is 712. The van der Waals surface area contributed by atoms with Gasteiger partial charge in [-0.1, -0.05) is 18.2 Å². The lowest BCUT2D eigenvalue weighted by Gasteiger charge is -2.17. The minimum atomic E-state index is -0.783. The van der Waals surface area contributed by atoms with Gasteiger partial charge in [0.15, 0.2) is 0 Å². The zero-order chi connectivity index (χ0) is 14.8. The number of hydrogen-bond acceptors (Lipinski definition) is 4. The van der Waals surface area contributed by atoms with Crippen molar-refractivity contribution in [3.05, 3.63) is 52.8 Å². The Morgan fingerprint density at radius 1 is 1.19 bits per heavy atom. The molecule has 6 nitrogen and oxygen atoms in total. The summed E-state index contributed by atoms with van der Waals surface area (Å²) >= 11 is 0. The van der Waals surface area contributed by atoms with Crippen LogP contribution in [0.2, 0.25) is 0 Å². The predicted octanol–water partition coefficient (Wildman–Crippen LogP) is 1.14. The highest BCUT2D eigenvalue weighted by atomic mass is 16.4. The van der Waals surface area contributed by atoms with Crippen molar-refractivity contribution in [1.29, 1.82) is 0 Å². The molecule has 1 aromatic carbocycles. The number of nitrogens with zero attached hydrogens (tertiary/aromatic N) is 3. The van der Waals surface area contributed by atoms with Gasteiger partial charge < -0.3 is 10.0 Å². The molecule has 0 bridgehead atoms. The Hall–Kier alpha value is -2.63. The summed E-state index contributed by atoms with van der Waals surface area (Å²) in [5.41, 5.74) is 0.484. The maximum Gasteiger partial charge on any atom is 0.308 e. The van der Waals surface area contributed by atoms with Crippen LogP contribution in [0, 0.1) is 5.92 Å². The van der Waals surface area contributed by atoms with Crippen molar-refractivity contribution in [1.82, 2.24) is 9.78 Å². The van der Waals surface area contributed by atoms with Crippen molar-refractivity contribution in [3.63, 3.8) is 0 Å². The molecule has 1 aliphatic heterocycles. The van der Waals surface area contributed by atoms with Gasteiger partial charge in [0.25, 0.3) is 5.56 Å². The fourth-order valence-electron chi connectivity index (χ4n) is 2.49. The standard InChI is InChI=1S/C15H15N3O3/c19-14-7-6-13(17-9-8-11(10-17)15(20)21)16-18(14)12-4-2-1-3-5-12/h1-7,11H,8-10H2,(H,20,21)/t11-/m0/s1. The zero-order valence-electron chi connectivity index (χ0n) is 11.3. The van der Waals surface area contributed by atoms with Gasteiger partial charge in [0.2, 0.25) is 0 Å². The van der Waals surface area contributed by atoms with Crippen LogP contribution in [0.25, 0.3) is 5.69 Å². The number of carboxylic acid groups (broad SMARTS) is 1. The molecule has 6 heteroatoms. The molecule has 0 amide bonds. The fraction of sp³-hybridized carbons (Fsp3) is 0.267. The molecular formula is C15H15N3O3. The van der Waals surface area contributed by atoms with Crippen molar-refractivity contribution < 1.29 is 9.90 Å². The highest BCUT2D eigenvalue weighted by Crippen LogP contribution is 2.21. The molecule has 1 saturated heterocycles. The molecule has 1 atom stereocenters. The Labute approximate surface area is 121 Å². The van der Waals surface area contributed by atoms with Gasteiger partial charge in [-0.2, -0.15) is 4.68 Å². The lowest BCUT2D eigenvalue weighted by Crippen LogP contribution is -2.27. The Balaban J connectivity index is 1.92. The Morgan fingerprint density at radius 2 is 1.95 bits per heavy atom. The number of rotatable bonds is 3. The highest BCUT2D eigenvalue weighted by molar-refractivity contribution is 5.71. The number of para-hydroxylation sites is 1. The van der Waals surface area contributed by atoms with Crippen LogP contribution in [0.4, 0.5) is 5.82 Å². The van der Waals surface area contributed by atoms with Crippen LogP contribution >= 0.6 is 0 Å². The summed E-state index contributed by atoms with van der Waals surface area (Å²) in [6, 6.07) is 12.3. The quantitative estimate of drug-likeness (QED) is 0.915. The molecule has 1 aliphatic rings. The second-order valence-electron chi connectivity index (χ2n) is 5.05. The molecule has 0 saturated carbocycles. The van der Waals surface area contributed by atoms with Crippen molar-refractivity contribution in [3.8, 4) is 5.69 Å². The molecule has 108 valence electrons. The van der Waals surface area contributed by atoms with Gasteiger partial charge in [-0.05, 0) is 24.6 Å². The number of anilines is 1. The molecule has 2 heterocycles. The zero-order valence-corrected chi connectivity index (χ0v) is 11.3. The average molecular weight is 285 g/mol. The number of benzene rings is 1. The number of hydrogen-bond donors (Lipinski definition) is 1. The van der Waals surface area contributed by atoms with Crippen molar-refractivity contribution in [2.45, 2.75) is 6.42 Å². The first-order chi connectivity index (χ1) is 10.1. The largest absolute Gasteiger partial charge is 0.481 e. The second-order valence-corrected chi connectivity index (χ2v) is 5.05. The van der Waals surface area contributed by atoms with E-state index in [9.17, 15) is 9.59 Å². The summed E-state index contributed by atoms with van der Waals surface area (Å²) < 4.78 is 1.34. The van der Waals surface area contributed by atoms with Gasteiger partial charge in [-0.25, -0.2) is 0 Å². The maximum atomic E-state index is 11.9. The second kappa shape index (κ2) is 5.40. The van der Waals surface area contributed by atoms with E-state index in [1.807, 2.05) is 35.2 Å². The van der Waals surface area contributed by atoms with E-state index < -0.39 is 5.97 Å². The van der Waals surface area contributed by atoms with Crippen LogP contribution in [-0.4, -0.2) is 33.9 Å². The monoisotopic (exact) mass is 285 g/mol. The van der Waals surface area contributed by atoms with E-state index >= 15 is 0 Å². The van der Waals surface area contributed by atoms with E-state index in [1.165, 1.54) is 10.7 Å². The highest BCUT2D eigenvalue weighted by Gasteiger charge is 2.29. The molecule has 0 unspecified atom stereocenters. The van der Waals surface area contributed by atoms with E-state index in [2.05, 4.69) is 5.10 Å². The number of carboxylic acids is 1. The minimum Gasteiger partial charge on any atom is -0.481 e. The third kappa shape index (κ3) is 2.65. The van der Waals surface area contributed by atoms with E-state index in [0.717, 1.165) is 0 Å². The van der Waals surface area contributed by atoms with Gasteiger partial charge >= 0.3 is 5.97 Å². The van der Waals surface area contributed by atoms with E-state index in [1.54, 1.807) is 6.07 Å². The summed E-state index contributed by atoms with van der Waals surface area (Å²) in [5.74, 6) is -0.528. The molecule has 1 aromatic heterocycles. The third-order valence-electron chi connectivity index (χ3n) is 3.65. The van der Waals surface area contributed by atoms with Crippen LogP contribution in [0.15, 0.2) is 47.3 Å².